The van der Waals surface area contributed by atoms with E-state index in [0.29, 0.717) is 0 Å². The van der Waals surface area contributed by atoms with E-state index in [9.17, 15) is 4.79 Å². The van der Waals surface area contributed by atoms with Crippen LogP contribution in [0.3, 0.4) is 0 Å². The van der Waals surface area contributed by atoms with Gasteiger partial charge in [-0.05, 0) is 43.7 Å². The molecule has 1 unspecified atom stereocenters. The van der Waals surface area contributed by atoms with Crippen LogP contribution in [0.4, 0.5) is 0 Å². The number of carbonyl (C=O) groups is 1. The summed E-state index contributed by atoms with van der Waals surface area (Å²) in [5, 5.41) is 5.47. The summed E-state index contributed by atoms with van der Waals surface area (Å²) in [6, 6.07) is 2.04. The number of nitrogens with one attached hydrogen (secondary N) is 1. The molecular weight excluding hydrogens is 256 g/mol. The molecule has 1 fully saturated rings. The van der Waals surface area contributed by atoms with Gasteiger partial charge in [-0.1, -0.05) is 12.8 Å². The molecule has 1 aromatic heterocycles. The van der Waals surface area contributed by atoms with Crippen molar-refractivity contribution < 1.29 is 4.79 Å². The number of amides is 1. The Hall–Kier alpha value is -0.870. The SMILES string of the molecule is Cc1ccsc1CNC(C)C(=O)N1CCCCCC1. The van der Waals surface area contributed by atoms with Crippen molar-refractivity contribution in [1.29, 1.82) is 0 Å². The van der Waals surface area contributed by atoms with Gasteiger partial charge in [0.2, 0.25) is 5.91 Å². The van der Waals surface area contributed by atoms with Gasteiger partial charge in [0, 0.05) is 24.5 Å². The summed E-state index contributed by atoms with van der Waals surface area (Å²) in [6.45, 7) is 6.76. The van der Waals surface area contributed by atoms with Crippen molar-refractivity contribution in [3.8, 4) is 0 Å². The molecule has 4 heteroatoms. The number of hydrogen-bond acceptors (Lipinski definition) is 3. The molecule has 0 aliphatic carbocycles. The van der Waals surface area contributed by atoms with Gasteiger partial charge >= 0.3 is 0 Å². The predicted molar refractivity (Wildman–Crippen MR) is 80.4 cm³/mol. The van der Waals surface area contributed by atoms with Gasteiger partial charge < -0.3 is 10.2 Å². The van der Waals surface area contributed by atoms with Crippen LogP contribution in [0, 0.1) is 6.92 Å². The van der Waals surface area contributed by atoms with E-state index < -0.39 is 0 Å². The molecule has 1 aliphatic heterocycles. The van der Waals surface area contributed by atoms with Crippen LogP contribution < -0.4 is 5.32 Å². The molecule has 1 amide bonds. The van der Waals surface area contributed by atoms with Crippen molar-refractivity contribution in [2.75, 3.05) is 13.1 Å². The zero-order chi connectivity index (χ0) is 13.7. The topological polar surface area (TPSA) is 32.3 Å². The molecule has 1 aliphatic rings. The number of thiophene rings is 1. The number of carbonyl (C=O) groups excluding carboxylic acids is 1. The molecule has 19 heavy (non-hydrogen) atoms. The minimum absolute atomic E-state index is 0.0837. The highest BCUT2D eigenvalue weighted by Gasteiger charge is 2.21. The molecule has 1 atom stereocenters. The molecule has 1 saturated heterocycles. The monoisotopic (exact) mass is 280 g/mol. The van der Waals surface area contributed by atoms with Gasteiger partial charge in [0.1, 0.15) is 0 Å². The van der Waals surface area contributed by atoms with E-state index in [1.54, 1.807) is 11.3 Å². The van der Waals surface area contributed by atoms with Gasteiger partial charge in [0.15, 0.2) is 0 Å². The zero-order valence-electron chi connectivity index (χ0n) is 11.9. The number of hydrogen-bond donors (Lipinski definition) is 1. The molecule has 3 nitrogen and oxygen atoms in total. The third kappa shape index (κ3) is 4.05. The number of nitrogens with zero attached hydrogens (tertiary/aromatic N) is 1. The zero-order valence-corrected chi connectivity index (χ0v) is 12.8. The second-order valence-corrected chi connectivity index (χ2v) is 6.37. The Morgan fingerprint density at radius 3 is 2.63 bits per heavy atom. The van der Waals surface area contributed by atoms with Gasteiger partial charge in [-0.3, -0.25) is 4.79 Å². The molecule has 1 aromatic rings. The van der Waals surface area contributed by atoms with Crippen molar-refractivity contribution in [2.45, 2.75) is 52.1 Å². The van der Waals surface area contributed by atoms with E-state index in [0.717, 1.165) is 32.5 Å². The maximum Gasteiger partial charge on any atom is 0.239 e. The van der Waals surface area contributed by atoms with Crippen LogP contribution in [0.1, 0.15) is 43.0 Å². The maximum absolute atomic E-state index is 12.4. The molecule has 0 saturated carbocycles. The fraction of sp³-hybridized carbons (Fsp3) is 0.667. The van der Waals surface area contributed by atoms with Crippen LogP contribution in [0.25, 0.3) is 0 Å². The van der Waals surface area contributed by atoms with Gasteiger partial charge in [0.05, 0.1) is 6.04 Å². The first kappa shape index (κ1) is 14.5. The summed E-state index contributed by atoms with van der Waals surface area (Å²) in [6.07, 6.45) is 4.84. The first-order valence-corrected chi connectivity index (χ1v) is 8.11. The van der Waals surface area contributed by atoms with Crippen LogP contribution in [-0.2, 0) is 11.3 Å². The van der Waals surface area contributed by atoms with Crippen molar-refractivity contribution in [2.24, 2.45) is 0 Å². The number of rotatable bonds is 4. The Bertz CT molecular complexity index is 408. The lowest BCUT2D eigenvalue weighted by Crippen LogP contribution is -2.45. The fourth-order valence-corrected chi connectivity index (χ4v) is 3.34. The quantitative estimate of drug-likeness (QED) is 0.919. The van der Waals surface area contributed by atoms with E-state index in [-0.39, 0.29) is 11.9 Å². The number of aryl methyl sites for hydroxylation is 1. The largest absolute Gasteiger partial charge is 0.341 e. The van der Waals surface area contributed by atoms with E-state index >= 15 is 0 Å². The van der Waals surface area contributed by atoms with E-state index in [1.165, 1.54) is 23.3 Å². The Labute approximate surface area is 120 Å². The van der Waals surface area contributed by atoms with Gasteiger partial charge in [-0.25, -0.2) is 0 Å². The Morgan fingerprint density at radius 1 is 1.37 bits per heavy atom. The minimum Gasteiger partial charge on any atom is -0.341 e. The van der Waals surface area contributed by atoms with E-state index in [2.05, 4.69) is 23.7 Å². The molecule has 1 N–H and O–H groups in total. The van der Waals surface area contributed by atoms with Gasteiger partial charge in [-0.2, -0.15) is 0 Å². The molecule has 0 bridgehead atoms. The third-order valence-corrected chi connectivity index (χ3v) is 4.85. The maximum atomic E-state index is 12.4. The molecule has 2 rings (SSSR count). The molecule has 106 valence electrons. The molecule has 0 spiro atoms. The average molecular weight is 280 g/mol. The van der Waals surface area contributed by atoms with Crippen molar-refractivity contribution in [1.82, 2.24) is 10.2 Å². The second-order valence-electron chi connectivity index (χ2n) is 5.37. The third-order valence-electron chi connectivity index (χ3n) is 3.83. The molecular formula is C15H24N2OS. The lowest BCUT2D eigenvalue weighted by Gasteiger charge is -2.24. The second kappa shape index (κ2) is 7.06. The van der Waals surface area contributed by atoms with Crippen molar-refractivity contribution in [3.63, 3.8) is 0 Å². The molecule has 0 aromatic carbocycles. The summed E-state index contributed by atoms with van der Waals surface area (Å²) in [5.74, 6) is 0.260. The van der Waals surface area contributed by atoms with Crippen LogP contribution in [0.2, 0.25) is 0 Å². The summed E-state index contributed by atoms with van der Waals surface area (Å²) >= 11 is 1.75. The highest BCUT2D eigenvalue weighted by atomic mass is 32.1. The first-order chi connectivity index (χ1) is 9.18. The van der Waals surface area contributed by atoms with Gasteiger partial charge in [0.25, 0.3) is 0 Å². The standard InChI is InChI=1S/C15H24N2OS/c1-12-7-10-19-14(12)11-16-13(2)15(18)17-8-5-3-4-6-9-17/h7,10,13,16H,3-6,8-9,11H2,1-2H3. The van der Waals surface area contributed by atoms with E-state index in [4.69, 9.17) is 0 Å². The lowest BCUT2D eigenvalue weighted by molar-refractivity contribution is -0.133. The Kier molecular flexibility index (Phi) is 5.40. The van der Waals surface area contributed by atoms with E-state index in [1.807, 2.05) is 11.8 Å². The predicted octanol–water partition coefficient (Wildman–Crippen LogP) is 2.94. The number of likely N-dealkylation sites (tertiary alicyclic amines) is 1. The molecule has 2 heterocycles. The summed E-state index contributed by atoms with van der Waals surface area (Å²) < 4.78 is 0. The minimum atomic E-state index is -0.0837. The summed E-state index contributed by atoms with van der Waals surface area (Å²) in [4.78, 5) is 15.7. The van der Waals surface area contributed by atoms with Crippen molar-refractivity contribution >= 4 is 17.2 Å². The Morgan fingerprint density at radius 2 is 2.05 bits per heavy atom. The molecule has 0 radical (unpaired) electrons. The van der Waals surface area contributed by atoms with Crippen LogP contribution in [0.15, 0.2) is 11.4 Å². The van der Waals surface area contributed by atoms with Crippen LogP contribution in [0.5, 0.6) is 0 Å². The summed E-state index contributed by atoms with van der Waals surface area (Å²) in [5.41, 5.74) is 1.31. The van der Waals surface area contributed by atoms with Crippen molar-refractivity contribution in [3.05, 3.63) is 21.9 Å². The smallest absolute Gasteiger partial charge is 0.239 e. The first-order valence-electron chi connectivity index (χ1n) is 7.23. The fourth-order valence-electron chi connectivity index (χ4n) is 2.48. The van der Waals surface area contributed by atoms with Crippen LogP contribution in [-0.4, -0.2) is 29.9 Å². The lowest BCUT2D eigenvalue weighted by atomic mass is 10.2. The highest BCUT2D eigenvalue weighted by molar-refractivity contribution is 7.10. The van der Waals surface area contributed by atoms with Crippen LogP contribution >= 0.6 is 11.3 Å². The van der Waals surface area contributed by atoms with Gasteiger partial charge in [-0.15, -0.1) is 11.3 Å². The summed E-state index contributed by atoms with van der Waals surface area (Å²) in [7, 11) is 0. The highest BCUT2D eigenvalue weighted by Crippen LogP contribution is 2.15. The normalized spacial score (nSPS) is 18.1. The average Bonchev–Trinajstić information content (AvgIpc) is 2.68. The Balaban J connectivity index is 1.83.